The van der Waals surface area contributed by atoms with Crippen LogP contribution in [-0.2, 0) is 14.6 Å². The Bertz CT molecular complexity index is 598. The van der Waals surface area contributed by atoms with Gasteiger partial charge in [0.15, 0.2) is 9.84 Å². The number of alkyl halides is 3. The minimum atomic E-state index is -4.65. The van der Waals surface area contributed by atoms with Crippen LogP contribution in [-0.4, -0.2) is 45.0 Å². The zero-order valence-corrected chi connectivity index (χ0v) is 11.2. The fourth-order valence-corrected chi connectivity index (χ4v) is 2.54. The number of halogens is 3. The normalized spacial score (nSPS) is 12.2. The van der Waals surface area contributed by atoms with Crippen LogP contribution in [0.15, 0.2) is 29.2 Å². The van der Waals surface area contributed by atoms with Crippen molar-refractivity contribution in [3.05, 3.63) is 24.3 Å². The number of nitrogens with zero attached hydrogens (tertiary/aromatic N) is 1. The van der Waals surface area contributed by atoms with Gasteiger partial charge in [-0.2, -0.15) is 13.2 Å². The summed E-state index contributed by atoms with van der Waals surface area (Å²) in [5, 5.41) is 8.68. The lowest BCUT2D eigenvalue weighted by atomic mass is 10.2. The molecule has 0 fully saturated rings. The number of carboxylic acids is 1. The largest absolute Gasteiger partial charge is 0.480 e. The van der Waals surface area contributed by atoms with Gasteiger partial charge in [0, 0.05) is 6.26 Å². The molecule has 0 unspecified atom stereocenters. The second-order valence-corrected chi connectivity index (χ2v) is 6.09. The molecule has 0 radical (unpaired) electrons. The maximum atomic E-state index is 12.5. The van der Waals surface area contributed by atoms with E-state index < -0.39 is 35.1 Å². The number of rotatable bonds is 5. The molecule has 1 aromatic rings. The Morgan fingerprint density at radius 3 is 2.30 bits per heavy atom. The van der Waals surface area contributed by atoms with E-state index in [1.165, 1.54) is 12.1 Å². The van der Waals surface area contributed by atoms with E-state index in [1.54, 1.807) is 0 Å². The molecule has 0 amide bonds. The smallest absolute Gasteiger partial charge is 0.405 e. The first kappa shape index (κ1) is 16.3. The highest BCUT2D eigenvalue weighted by Crippen LogP contribution is 2.28. The maximum absolute atomic E-state index is 12.5. The van der Waals surface area contributed by atoms with Gasteiger partial charge in [-0.3, -0.25) is 4.79 Å². The highest BCUT2D eigenvalue weighted by atomic mass is 32.2. The van der Waals surface area contributed by atoms with E-state index in [1.807, 2.05) is 0 Å². The SMILES string of the molecule is CS(=O)(=O)c1ccccc1N(CC(=O)O)CC(F)(F)F. The van der Waals surface area contributed by atoms with E-state index in [0.29, 0.717) is 4.90 Å². The molecule has 5 nitrogen and oxygen atoms in total. The van der Waals surface area contributed by atoms with E-state index in [-0.39, 0.29) is 10.6 Å². The third-order valence-electron chi connectivity index (χ3n) is 2.30. The first-order valence-electron chi connectivity index (χ1n) is 5.33. The third-order valence-corrected chi connectivity index (χ3v) is 3.45. The van der Waals surface area contributed by atoms with Crippen molar-refractivity contribution in [3.63, 3.8) is 0 Å². The Balaban J connectivity index is 3.31. The van der Waals surface area contributed by atoms with Crippen LogP contribution in [0.25, 0.3) is 0 Å². The monoisotopic (exact) mass is 311 g/mol. The summed E-state index contributed by atoms with van der Waals surface area (Å²) >= 11 is 0. The molecule has 112 valence electrons. The lowest BCUT2D eigenvalue weighted by molar-refractivity contribution is -0.136. The Morgan fingerprint density at radius 2 is 1.85 bits per heavy atom. The van der Waals surface area contributed by atoms with Gasteiger partial charge in [0.25, 0.3) is 0 Å². The number of hydrogen-bond acceptors (Lipinski definition) is 4. The summed E-state index contributed by atoms with van der Waals surface area (Å²) in [6.45, 7) is -2.50. The molecule has 0 heterocycles. The Labute approximate surface area is 113 Å². The van der Waals surface area contributed by atoms with Crippen molar-refractivity contribution in [1.82, 2.24) is 0 Å². The van der Waals surface area contributed by atoms with Gasteiger partial charge in [-0.25, -0.2) is 8.42 Å². The van der Waals surface area contributed by atoms with Crippen molar-refractivity contribution in [1.29, 1.82) is 0 Å². The summed E-state index contributed by atoms with van der Waals surface area (Å²) in [5.74, 6) is -1.49. The van der Waals surface area contributed by atoms with Crippen molar-refractivity contribution in [2.45, 2.75) is 11.1 Å². The van der Waals surface area contributed by atoms with Gasteiger partial charge in [0.2, 0.25) is 0 Å². The molecule has 9 heteroatoms. The second-order valence-electron chi connectivity index (χ2n) is 4.10. The first-order chi connectivity index (χ1) is 9.00. The number of anilines is 1. The lowest BCUT2D eigenvalue weighted by Crippen LogP contribution is -2.38. The summed E-state index contributed by atoms with van der Waals surface area (Å²) in [6.07, 6.45) is -3.81. The van der Waals surface area contributed by atoms with Gasteiger partial charge >= 0.3 is 12.1 Å². The zero-order valence-electron chi connectivity index (χ0n) is 10.4. The van der Waals surface area contributed by atoms with Crippen LogP contribution in [0.2, 0.25) is 0 Å². The number of carbonyl (C=O) groups is 1. The Morgan fingerprint density at radius 1 is 1.30 bits per heavy atom. The average molecular weight is 311 g/mol. The van der Waals surface area contributed by atoms with Crippen LogP contribution in [0, 0.1) is 0 Å². The molecule has 1 rings (SSSR count). The topological polar surface area (TPSA) is 74.7 Å². The lowest BCUT2D eigenvalue weighted by Gasteiger charge is -2.25. The molecule has 0 saturated heterocycles. The number of carboxylic acid groups (broad SMARTS) is 1. The van der Waals surface area contributed by atoms with Crippen LogP contribution in [0.5, 0.6) is 0 Å². The molecular formula is C11H12F3NO4S. The van der Waals surface area contributed by atoms with Gasteiger partial charge in [-0.05, 0) is 12.1 Å². The minimum absolute atomic E-state index is 0.283. The Kier molecular flexibility index (Phi) is 4.64. The van der Waals surface area contributed by atoms with Gasteiger partial charge in [-0.1, -0.05) is 12.1 Å². The molecule has 0 spiro atoms. The zero-order chi connectivity index (χ0) is 15.6. The number of hydrogen-bond donors (Lipinski definition) is 1. The summed E-state index contributed by atoms with van der Waals surface area (Å²) in [5.41, 5.74) is -0.283. The van der Waals surface area contributed by atoms with E-state index >= 15 is 0 Å². The molecule has 0 aliphatic rings. The summed E-state index contributed by atoms with van der Waals surface area (Å²) in [7, 11) is -3.77. The number of sulfone groups is 1. The molecule has 0 aromatic heterocycles. The number of aliphatic carboxylic acids is 1. The highest BCUT2D eigenvalue weighted by Gasteiger charge is 2.33. The summed E-state index contributed by atoms with van der Waals surface area (Å²) < 4.78 is 60.6. The van der Waals surface area contributed by atoms with Gasteiger partial charge < -0.3 is 10.0 Å². The van der Waals surface area contributed by atoms with Crippen molar-refractivity contribution < 1.29 is 31.5 Å². The molecule has 0 bridgehead atoms. The number of benzene rings is 1. The summed E-state index contributed by atoms with van der Waals surface area (Å²) in [4.78, 5) is 10.8. The predicted molar refractivity (Wildman–Crippen MR) is 65.5 cm³/mol. The van der Waals surface area contributed by atoms with Gasteiger partial charge in [0.05, 0.1) is 10.6 Å². The van der Waals surface area contributed by atoms with E-state index in [2.05, 4.69) is 0 Å². The minimum Gasteiger partial charge on any atom is -0.480 e. The van der Waals surface area contributed by atoms with Gasteiger partial charge in [0.1, 0.15) is 13.1 Å². The van der Waals surface area contributed by atoms with E-state index in [9.17, 15) is 26.4 Å². The predicted octanol–water partition coefficient (Wildman–Crippen LogP) is 1.54. The van der Waals surface area contributed by atoms with Crippen molar-refractivity contribution >= 4 is 21.5 Å². The fraction of sp³-hybridized carbons (Fsp3) is 0.364. The van der Waals surface area contributed by atoms with Crippen LogP contribution in [0.1, 0.15) is 0 Å². The molecule has 0 saturated carbocycles. The van der Waals surface area contributed by atoms with Crippen molar-refractivity contribution in [2.75, 3.05) is 24.2 Å². The van der Waals surface area contributed by atoms with Crippen LogP contribution in [0.3, 0.4) is 0 Å². The van der Waals surface area contributed by atoms with Crippen molar-refractivity contribution in [3.8, 4) is 0 Å². The second kappa shape index (κ2) is 5.70. The van der Waals surface area contributed by atoms with Gasteiger partial charge in [-0.15, -0.1) is 0 Å². The van der Waals surface area contributed by atoms with E-state index in [4.69, 9.17) is 5.11 Å². The maximum Gasteiger partial charge on any atom is 0.405 e. The van der Waals surface area contributed by atoms with Crippen LogP contribution >= 0.6 is 0 Å². The highest BCUT2D eigenvalue weighted by molar-refractivity contribution is 7.90. The van der Waals surface area contributed by atoms with Crippen molar-refractivity contribution in [2.24, 2.45) is 0 Å². The molecule has 0 aliphatic heterocycles. The van der Waals surface area contributed by atoms with Crippen LogP contribution in [0.4, 0.5) is 18.9 Å². The standard InChI is InChI=1S/C11H12F3NO4S/c1-20(18,19)9-5-3-2-4-8(9)15(6-10(16)17)7-11(12,13)14/h2-5H,6-7H2,1H3,(H,16,17). The third kappa shape index (κ3) is 4.72. The number of para-hydroxylation sites is 1. The first-order valence-corrected chi connectivity index (χ1v) is 7.22. The Hall–Kier alpha value is -1.77. The quantitative estimate of drug-likeness (QED) is 0.893. The fourth-order valence-electron chi connectivity index (χ4n) is 1.64. The molecule has 1 aromatic carbocycles. The molecule has 1 N–H and O–H groups in total. The molecule has 0 atom stereocenters. The molecule has 20 heavy (non-hydrogen) atoms. The summed E-state index contributed by atoms with van der Waals surface area (Å²) in [6, 6.07) is 4.97. The molecular weight excluding hydrogens is 299 g/mol. The average Bonchev–Trinajstić information content (AvgIpc) is 2.24. The van der Waals surface area contributed by atoms with E-state index in [0.717, 1.165) is 18.4 Å². The van der Waals surface area contributed by atoms with Crippen LogP contribution < -0.4 is 4.90 Å². The molecule has 0 aliphatic carbocycles.